The summed E-state index contributed by atoms with van der Waals surface area (Å²) in [7, 11) is -1.43. The van der Waals surface area contributed by atoms with Crippen LogP contribution in [0, 0.1) is 0 Å². The lowest BCUT2D eigenvalue weighted by molar-refractivity contribution is 0.378. The highest BCUT2D eigenvalue weighted by atomic mass is 32.2. The van der Waals surface area contributed by atoms with Crippen LogP contribution in [-0.2, 0) is 9.84 Å². The molecule has 20 heavy (non-hydrogen) atoms. The zero-order valence-electron chi connectivity index (χ0n) is 11.7. The van der Waals surface area contributed by atoms with E-state index < -0.39 is 9.84 Å². The van der Waals surface area contributed by atoms with E-state index in [0.29, 0.717) is 25.0 Å². The van der Waals surface area contributed by atoms with Gasteiger partial charge in [-0.15, -0.1) is 0 Å². The van der Waals surface area contributed by atoms with Crippen molar-refractivity contribution in [3.8, 4) is 6.01 Å². The second-order valence-corrected chi connectivity index (χ2v) is 6.81. The van der Waals surface area contributed by atoms with Crippen LogP contribution >= 0.6 is 0 Å². The number of nitrogens with zero attached hydrogens (tertiary/aromatic N) is 4. The molecule has 0 aliphatic carbocycles. The summed E-state index contributed by atoms with van der Waals surface area (Å²) in [5.41, 5.74) is 0. The van der Waals surface area contributed by atoms with Crippen LogP contribution in [0.25, 0.3) is 0 Å². The van der Waals surface area contributed by atoms with Crippen molar-refractivity contribution in [2.45, 2.75) is 13.3 Å². The second kappa shape index (κ2) is 6.21. The van der Waals surface area contributed by atoms with Gasteiger partial charge in [-0.25, -0.2) is 8.42 Å². The molecule has 8 nitrogen and oxygen atoms in total. The molecule has 9 heteroatoms. The third-order valence-corrected chi connectivity index (χ3v) is 4.56. The van der Waals surface area contributed by atoms with Crippen molar-refractivity contribution in [3.63, 3.8) is 0 Å². The minimum absolute atomic E-state index is 0.124. The van der Waals surface area contributed by atoms with Gasteiger partial charge >= 0.3 is 6.01 Å². The van der Waals surface area contributed by atoms with Gasteiger partial charge in [0.2, 0.25) is 11.9 Å². The van der Waals surface area contributed by atoms with Gasteiger partial charge in [0.1, 0.15) is 0 Å². The summed E-state index contributed by atoms with van der Waals surface area (Å²) in [5.74, 6) is 1.14. The summed E-state index contributed by atoms with van der Waals surface area (Å²) in [4.78, 5) is 14.4. The zero-order valence-corrected chi connectivity index (χ0v) is 12.5. The molecule has 0 atom stereocenters. The van der Waals surface area contributed by atoms with Gasteiger partial charge in [-0.1, -0.05) is 6.92 Å². The zero-order chi connectivity index (χ0) is 14.6. The van der Waals surface area contributed by atoms with Gasteiger partial charge in [0.15, 0.2) is 9.84 Å². The molecule has 0 bridgehead atoms. The monoisotopic (exact) mass is 301 g/mol. The Bertz CT molecular complexity index is 549. The summed E-state index contributed by atoms with van der Waals surface area (Å²) >= 11 is 0. The highest BCUT2D eigenvalue weighted by Crippen LogP contribution is 2.17. The van der Waals surface area contributed by atoms with Crippen LogP contribution < -0.4 is 15.0 Å². The van der Waals surface area contributed by atoms with E-state index in [4.69, 9.17) is 4.74 Å². The molecule has 2 heterocycles. The predicted octanol–water partition coefficient (Wildman–Crippen LogP) is -0.0631. The molecule has 1 N–H and O–H groups in total. The summed E-state index contributed by atoms with van der Waals surface area (Å²) in [5, 5.41) is 3.08. The van der Waals surface area contributed by atoms with Gasteiger partial charge in [0, 0.05) is 19.6 Å². The molecule has 1 aromatic heterocycles. The fourth-order valence-corrected chi connectivity index (χ4v) is 3.01. The molecule has 1 aliphatic rings. The lowest BCUT2D eigenvalue weighted by Gasteiger charge is -2.26. The maximum absolute atomic E-state index is 11.4. The van der Waals surface area contributed by atoms with Crippen molar-refractivity contribution >= 4 is 21.7 Å². The predicted molar refractivity (Wildman–Crippen MR) is 76.0 cm³/mol. The van der Waals surface area contributed by atoms with Gasteiger partial charge in [-0.3, -0.25) is 0 Å². The lowest BCUT2D eigenvalue weighted by Crippen LogP contribution is -2.41. The number of rotatable bonds is 5. The molecule has 0 unspecified atom stereocenters. The van der Waals surface area contributed by atoms with E-state index >= 15 is 0 Å². The Hall–Kier alpha value is -1.64. The van der Waals surface area contributed by atoms with Crippen molar-refractivity contribution in [3.05, 3.63) is 0 Å². The van der Waals surface area contributed by atoms with Gasteiger partial charge in [0.25, 0.3) is 0 Å². The second-order valence-electron chi connectivity index (χ2n) is 4.51. The smallest absolute Gasteiger partial charge is 0.322 e. The Labute approximate surface area is 118 Å². The molecule has 0 amide bonds. The van der Waals surface area contributed by atoms with Crippen molar-refractivity contribution in [1.29, 1.82) is 0 Å². The van der Waals surface area contributed by atoms with E-state index in [1.165, 1.54) is 7.11 Å². The van der Waals surface area contributed by atoms with Gasteiger partial charge in [-0.2, -0.15) is 15.0 Å². The van der Waals surface area contributed by atoms with E-state index in [2.05, 4.69) is 20.3 Å². The van der Waals surface area contributed by atoms with Crippen LogP contribution in [0.5, 0.6) is 6.01 Å². The quantitative estimate of drug-likeness (QED) is 0.807. The number of ether oxygens (including phenoxy) is 1. The lowest BCUT2D eigenvalue weighted by atomic mass is 10.5. The highest BCUT2D eigenvalue weighted by Gasteiger charge is 2.24. The van der Waals surface area contributed by atoms with Crippen LogP contribution in [0.3, 0.4) is 0 Å². The van der Waals surface area contributed by atoms with E-state index in [1.807, 2.05) is 11.8 Å². The Morgan fingerprint density at radius 2 is 1.95 bits per heavy atom. The molecule has 2 rings (SSSR count). The highest BCUT2D eigenvalue weighted by molar-refractivity contribution is 7.91. The van der Waals surface area contributed by atoms with Crippen LogP contribution in [-0.4, -0.2) is 61.6 Å². The molecule has 0 radical (unpaired) electrons. The Kier molecular flexibility index (Phi) is 4.58. The molecule has 0 spiro atoms. The fraction of sp³-hybridized carbons (Fsp3) is 0.727. The number of sulfone groups is 1. The summed E-state index contributed by atoms with van der Waals surface area (Å²) in [6.07, 6.45) is 0.950. The summed E-state index contributed by atoms with van der Waals surface area (Å²) in [6, 6.07) is 0.224. The van der Waals surface area contributed by atoms with Crippen LogP contribution in [0.15, 0.2) is 0 Å². The fourth-order valence-electron chi connectivity index (χ4n) is 1.81. The van der Waals surface area contributed by atoms with Crippen LogP contribution in [0.1, 0.15) is 13.3 Å². The Balaban J connectivity index is 2.18. The minimum atomic E-state index is -2.92. The molecule has 0 saturated carbocycles. The number of anilines is 2. The van der Waals surface area contributed by atoms with Crippen LogP contribution in [0.4, 0.5) is 11.9 Å². The summed E-state index contributed by atoms with van der Waals surface area (Å²) in [6.45, 7) is 3.58. The number of methoxy groups -OCH3 is 1. The summed E-state index contributed by atoms with van der Waals surface area (Å²) < 4.78 is 27.9. The molecule has 1 saturated heterocycles. The molecular formula is C11H19N5O3S. The number of hydrogen-bond donors (Lipinski definition) is 1. The van der Waals surface area contributed by atoms with Crippen molar-refractivity contribution in [2.75, 3.05) is 48.5 Å². The Morgan fingerprint density at radius 1 is 1.25 bits per heavy atom. The molecule has 1 fully saturated rings. The van der Waals surface area contributed by atoms with E-state index in [9.17, 15) is 8.42 Å². The van der Waals surface area contributed by atoms with Crippen LogP contribution in [0.2, 0.25) is 0 Å². The molecule has 1 aromatic rings. The van der Waals surface area contributed by atoms with E-state index in [-0.39, 0.29) is 17.5 Å². The number of hydrogen-bond acceptors (Lipinski definition) is 8. The van der Waals surface area contributed by atoms with Crippen molar-refractivity contribution < 1.29 is 13.2 Å². The van der Waals surface area contributed by atoms with E-state index in [1.54, 1.807) is 0 Å². The maximum Gasteiger partial charge on any atom is 0.322 e. The average molecular weight is 301 g/mol. The first-order chi connectivity index (χ1) is 9.54. The normalized spacial score (nSPS) is 17.8. The maximum atomic E-state index is 11.4. The minimum Gasteiger partial charge on any atom is -0.467 e. The molecule has 0 aromatic carbocycles. The first-order valence-electron chi connectivity index (χ1n) is 6.53. The van der Waals surface area contributed by atoms with E-state index in [0.717, 1.165) is 13.0 Å². The first-order valence-corrected chi connectivity index (χ1v) is 8.35. The van der Waals surface area contributed by atoms with Gasteiger partial charge < -0.3 is 15.0 Å². The molecule has 112 valence electrons. The average Bonchev–Trinajstić information content (AvgIpc) is 2.44. The van der Waals surface area contributed by atoms with Gasteiger partial charge in [-0.05, 0) is 6.42 Å². The number of aromatic nitrogens is 3. The topological polar surface area (TPSA) is 97.3 Å². The van der Waals surface area contributed by atoms with Gasteiger partial charge in [0.05, 0.1) is 18.6 Å². The SMILES string of the molecule is CCCNc1nc(OC)nc(N2CCS(=O)(=O)CC2)n1. The largest absolute Gasteiger partial charge is 0.467 e. The first kappa shape index (κ1) is 14.8. The standard InChI is InChI=1S/C11H19N5O3S/c1-3-4-12-9-13-10(15-11(14-9)19-2)16-5-7-20(17,18)8-6-16/h3-8H2,1-2H3,(H,12,13,14,15). The third-order valence-electron chi connectivity index (χ3n) is 2.95. The molecular weight excluding hydrogens is 282 g/mol. The third kappa shape index (κ3) is 3.69. The molecule has 1 aliphatic heterocycles. The van der Waals surface area contributed by atoms with Crippen molar-refractivity contribution in [2.24, 2.45) is 0 Å². The number of nitrogens with one attached hydrogen (secondary N) is 1. The Morgan fingerprint density at radius 3 is 2.55 bits per heavy atom. The van der Waals surface area contributed by atoms with Crippen molar-refractivity contribution in [1.82, 2.24) is 15.0 Å².